The molecule has 0 spiro atoms. The van der Waals surface area contributed by atoms with Crippen LogP contribution in [0.3, 0.4) is 0 Å². The molecule has 3 aromatic rings. The first kappa shape index (κ1) is 15.3. The molecule has 0 aliphatic heterocycles. The maximum atomic E-state index is 12.1. The van der Waals surface area contributed by atoms with Gasteiger partial charge in [0.1, 0.15) is 12.6 Å². The van der Waals surface area contributed by atoms with E-state index < -0.39 is 6.04 Å². The van der Waals surface area contributed by atoms with Gasteiger partial charge in [0.2, 0.25) is 0 Å². The van der Waals surface area contributed by atoms with Gasteiger partial charge in [-0.1, -0.05) is 48.5 Å². The minimum atomic E-state index is -0.662. The predicted octanol–water partition coefficient (Wildman–Crippen LogP) is 2.79. The molecule has 2 N–H and O–H groups in total. The first-order chi connectivity index (χ1) is 11.1. The van der Waals surface area contributed by atoms with Gasteiger partial charge in [-0.2, -0.15) is 0 Å². The lowest BCUT2D eigenvalue weighted by molar-refractivity contribution is -0.146. The second kappa shape index (κ2) is 6.67. The number of ether oxygens (including phenoxy) is 1. The normalized spacial score (nSPS) is 12.3. The zero-order valence-corrected chi connectivity index (χ0v) is 13.1. The van der Waals surface area contributed by atoms with Crippen molar-refractivity contribution in [1.82, 2.24) is 4.57 Å². The highest BCUT2D eigenvalue weighted by atomic mass is 16.5. The number of hydrogen-bond acceptors (Lipinski definition) is 3. The molecule has 0 aliphatic carbocycles. The minimum Gasteiger partial charge on any atom is -0.460 e. The fourth-order valence-electron chi connectivity index (χ4n) is 2.74. The number of hydrogen-bond donors (Lipinski definition) is 1. The average Bonchev–Trinajstić information content (AvgIpc) is 2.90. The molecule has 0 radical (unpaired) electrons. The number of benzene rings is 2. The highest BCUT2D eigenvalue weighted by Crippen LogP contribution is 2.21. The van der Waals surface area contributed by atoms with Gasteiger partial charge in [-0.25, -0.2) is 0 Å². The zero-order chi connectivity index (χ0) is 16.2. The van der Waals surface area contributed by atoms with Gasteiger partial charge in [0.15, 0.2) is 0 Å². The van der Waals surface area contributed by atoms with Crippen molar-refractivity contribution in [3.63, 3.8) is 0 Å². The molecule has 0 fully saturated rings. The molecular weight excluding hydrogens is 288 g/mol. The third kappa shape index (κ3) is 3.43. The molecule has 4 heteroatoms. The Hall–Kier alpha value is -2.59. The van der Waals surface area contributed by atoms with E-state index in [2.05, 4.69) is 6.07 Å². The van der Waals surface area contributed by atoms with Crippen molar-refractivity contribution in [3.8, 4) is 0 Å². The van der Waals surface area contributed by atoms with Crippen LogP contribution in [0.5, 0.6) is 0 Å². The van der Waals surface area contributed by atoms with E-state index in [0.29, 0.717) is 6.42 Å². The topological polar surface area (TPSA) is 57.2 Å². The number of rotatable bonds is 5. The van der Waals surface area contributed by atoms with E-state index in [1.807, 2.05) is 66.3 Å². The Kier molecular flexibility index (Phi) is 4.44. The Labute approximate surface area is 135 Å². The molecule has 0 unspecified atom stereocenters. The Morgan fingerprint density at radius 1 is 1.13 bits per heavy atom. The number of nitrogens with zero attached hydrogens (tertiary/aromatic N) is 1. The van der Waals surface area contributed by atoms with E-state index in [4.69, 9.17) is 10.5 Å². The second-order valence-corrected chi connectivity index (χ2v) is 5.69. The first-order valence-corrected chi connectivity index (χ1v) is 7.64. The molecular formula is C19H20N2O2. The first-order valence-electron chi connectivity index (χ1n) is 7.64. The number of nitrogens with two attached hydrogens (primary N) is 1. The van der Waals surface area contributed by atoms with Crippen molar-refractivity contribution >= 4 is 16.9 Å². The molecule has 3 rings (SSSR count). The zero-order valence-electron chi connectivity index (χ0n) is 13.1. The van der Waals surface area contributed by atoms with Gasteiger partial charge in [-0.05, 0) is 17.2 Å². The van der Waals surface area contributed by atoms with Crippen LogP contribution >= 0.6 is 0 Å². The van der Waals surface area contributed by atoms with E-state index in [1.54, 1.807) is 0 Å². The summed E-state index contributed by atoms with van der Waals surface area (Å²) >= 11 is 0. The maximum Gasteiger partial charge on any atom is 0.323 e. The highest BCUT2D eigenvalue weighted by molar-refractivity contribution is 5.85. The van der Waals surface area contributed by atoms with Crippen molar-refractivity contribution in [2.24, 2.45) is 12.8 Å². The van der Waals surface area contributed by atoms with Crippen LogP contribution in [-0.4, -0.2) is 16.6 Å². The van der Waals surface area contributed by atoms with Crippen LogP contribution in [0.4, 0.5) is 0 Å². The molecule has 2 aromatic carbocycles. The van der Waals surface area contributed by atoms with Gasteiger partial charge in [-0.15, -0.1) is 0 Å². The fourth-order valence-corrected chi connectivity index (χ4v) is 2.74. The molecule has 1 aromatic heterocycles. The van der Waals surface area contributed by atoms with E-state index >= 15 is 0 Å². The Balaban J connectivity index is 1.66. The fraction of sp³-hybridized carbons (Fsp3) is 0.211. The number of aryl methyl sites for hydroxylation is 1. The number of aromatic nitrogens is 1. The lowest BCUT2D eigenvalue weighted by Gasteiger charge is -2.11. The van der Waals surface area contributed by atoms with Gasteiger partial charge in [0.05, 0.1) is 0 Å². The molecule has 0 aliphatic rings. The van der Waals surface area contributed by atoms with Crippen molar-refractivity contribution in [3.05, 3.63) is 71.9 Å². The van der Waals surface area contributed by atoms with Gasteiger partial charge >= 0.3 is 5.97 Å². The summed E-state index contributed by atoms with van der Waals surface area (Å²) < 4.78 is 7.36. The summed E-state index contributed by atoms with van der Waals surface area (Å²) in [5.41, 5.74) is 9.18. The number of esters is 1. The standard InChI is InChI=1S/C19H20N2O2/c1-21-12-15(16-9-5-6-10-18(16)21)11-17(20)19(22)23-13-14-7-3-2-4-8-14/h2-10,12,17H,11,13,20H2,1H3/t17-/m1/s1. The molecule has 23 heavy (non-hydrogen) atoms. The van der Waals surface area contributed by atoms with Crippen LogP contribution in [0, 0.1) is 0 Å². The second-order valence-electron chi connectivity index (χ2n) is 5.69. The quantitative estimate of drug-likeness (QED) is 0.737. The lowest BCUT2D eigenvalue weighted by Crippen LogP contribution is -2.34. The van der Waals surface area contributed by atoms with Crippen molar-refractivity contribution in [1.29, 1.82) is 0 Å². The molecule has 0 bridgehead atoms. The van der Waals surface area contributed by atoms with Crippen LogP contribution in [0.1, 0.15) is 11.1 Å². The molecule has 0 amide bonds. The summed E-state index contributed by atoms with van der Waals surface area (Å²) in [7, 11) is 1.99. The van der Waals surface area contributed by atoms with Crippen LogP contribution in [0.25, 0.3) is 10.9 Å². The van der Waals surface area contributed by atoms with E-state index in [9.17, 15) is 4.79 Å². The maximum absolute atomic E-state index is 12.1. The molecule has 118 valence electrons. The largest absolute Gasteiger partial charge is 0.460 e. The number of carbonyl (C=O) groups is 1. The Morgan fingerprint density at radius 3 is 2.61 bits per heavy atom. The van der Waals surface area contributed by atoms with Crippen LogP contribution in [0.2, 0.25) is 0 Å². The van der Waals surface area contributed by atoms with Gasteiger partial charge < -0.3 is 15.0 Å². The van der Waals surface area contributed by atoms with Crippen LogP contribution < -0.4 is 5.73 Å². The van der Waals surface area contributed by atoms with Gasteiger partial charge in [0, 0.05) is 30.6 Å². The molecule has 4 nitrogen and oxygen atoms in total. The molecule has 0 saturated carbocycles. The number of fused-ring (bicyclic) bond motifs is 1. The Morgan fingerprint density at radius 2 is 1.83 bits per heavy atom. The SMILES string of the molecule is Cn1cc(C[C@@H](N)C(=O)OCc2ccccc2)c2ccccc21. The summed E-state index contributed by atoms with van der Waals surface area (Å²) in [6, 6.07) is 17.0. The van der Waals surface area contributed by atoms with Crippen LogP contribution in [-0.2, 0) is 29.6 Å². The lowest BCUT2D eigenvalue weighted by atomic mass is 10.1. The average molecular weight is 308 g/mol. The van der Waals surface area contributed by atoms with E-state index in [-0.39, 0.29) is 12.6 Å². The summed E-state index contributed by atoms with van der Waals surface area (Å²) in [5, 5.41) is 1.13. The Bertz CT molecular complexity index is 809. The monoisotopic (exact) mass is 308 g/mol. The third-order valence-corrected chi connectivity index (χ3v) is 3.95. The van der Waals surface area contributed by atoms with Gasteiger partial charge in [0.25, 0.3) is 0 Å². The molecule has 0 saturated heterocycles. The smallest absolute Gasteiger partial charge is 0.323 e. The molecule has 1 heterocycles. The van der Waals surface area contributed by atoms with Gasteiger partial charge in [-0.3, -0.25) is 4.79 Å². The third-order valence-electron chi connectivity index (χ3n) is 3.95. The van der Waals surface area contributed by atoms with Crippen LogP contribution in [0.15, 0.2) is 60.8 Å². The number of carbonyl (C=O) groups excluding carboxylic acids is 1. The summed E-state index contributed by atoms with van der Waals surface area (Å²) in [6.07, 6.45) is 2.49. The van der Waals surface area contributed by atoms with Crippen molar-refractivity contribution in [2.75, 3.05) is 0 Å². The predicted molar refractivity (Wildman–Crippen MR) is 90.8 cm³/mol. The summed E-state index contributed by atoms with van der Waals surface area (Å²) in [4.78, 5) is 12.1. The van der Waals surface area contributed by atoms with Crippen molar-refractivity contribution < 1.29 is 9.53 Å². The molecule has 1 atom stereocenters. The minimum absolute atomic E-state index is 0.253. The summed E-state index contributed by atoms with van der Waals surface area (Å²) in [6.45, 7) is 0.253. The van der Waals surface area contributed by atoms with E-state index in [1.165, 1.54) is 0 Å². The summed E-state index contributed by atoms with van der Waals surface area (Å²) in [5.74, 6) is -0.373. The van der Waals surface area contributed by atoms with E-state index in [0.717, 1.165) is 22.0 Å². The number of para-hydroxylation sites is 1. The van der Waals surface area contributed by atoms with Crippen molar-refractivity contribution in [2.45, 2.75) is 19.1 Å². The highest BCUT2D eigenvalue weighted by Gasteiger charge is 2.18.